The highest BCUT2D eigenvalue weighted by Crippen LogP contribution is 2.22. The first-order chi connectivity index (χ1) is 8.69. The van der Waals surface area contributed by atoms with Crippen LogP contribution < -0.4 is 10.6 Å². The topological polar surface area (TPSA) is 54.0 Å². The Morgan fingerprint density at radius 2 is 2.50 bits per heavy atom. The van der Waals surface area contributed by atoms with Crippen molar-refractivity contribution in [2.24, 2.45) is 5.92 Å². The summed E-state index contributed by atoms with van der Waals surface area (Å²) >= 11 is 1.59. The molecule has 1 amide bonds. The van der Waals surface area contributed by atoms with Crippen LogP contribution in [0.15, 0.2) is 6.20 Å². The Morgan fingerprint density at radius 3 is 3.22 bits per heavy atom. The molecule has 1 fully saturated rings. The lowest BCUT2D eigenvalue weighted by Crippen LogP contribution is -2.40. The molecule has 0 spiro atoms. The van der Waals surface area contributed by atoms with Gasteiger partial charge in [-0.25, -0.2) is 4.98 Å². The van der Waals surface area contributed by atoms with Crippen LogP contribution >= 0.6 is 11.3 Å². The van der Waals surface area contributed by atoms with E-state index in [0.29, 0.717) is 6.04 Å². The van der Waals surface area contributed by atoms with Crippen molar-refractivity contribution in [2.75, 3.05) is 11.9 Å². The van der Waals surface area contributed by atoms with Crippen molar-refractivity contribution in [1.29, 1.82) is 0 Å². The van der Waals surface area contributed by atoms with Crippen LogP contribution in [-0.2, 0) is 11.2 Å². The van der Waals surface area contributed by atoms with Gasteiger partial charge in [-0.15, -0.1) is 11.3 Å². The summed E-state index contributed by atoms with van der Waals surface area (Å²) < 4.78 is 0. The number of piperidine rings is 1. The van der Waals surface area contributed by atoms with E-state index in [1.54, 1.807) is 11.3 Å². The number of amides is 1. The standard InChI is InChI=1S/C13H21N3OS/c1-3-4-11-8-15-13(18-11)16-12(17)10-5-6-14-9(2)7-10/h8-10,14H,3-7H2,1-2H3,(H,15,16,17)/t9-,10-/m0/s1. The summed E-state index contributed by atoms with van der Waals surface area (Å²) in [5.74, 6) is 0.250. The van der Waals surface area contributed by atoms with Crippen molar-refractivity contribution in [3.8, 4) is 0 Å². The van der Waals surface area contributed by atoms with Gasteiger partial charge in [-0.3, -0.25) is 4.79 Å². The van der Waals surface area contributed by atoms with Gasteiger partial charge in [0.2, 0.25) is 5.91 Å². The summed E-state index contributed by atoms with van der Waals surface area (Å²) in [6.45, 7) is 5.20. The normalized spacial score (nSPS) is 23.9. The second-order valence-corrected chi connectivity index (χ2v) is 6.06. The summed E-state index contributed by atoms with van der Waals surface area (Å²) in [4.78, 5) is 17.6. The van der Waals surface area contributed by atoms with E-state index >= 15 is 0 Å². The van der Waals surface area contributed by atoms with E-state index in [4.69, 9.17) is 0 Å². The number of carbonyl (C=O) groups excluding carboxylic acids is 1. The fraction of sp³-hybridized carbons (Fsp3) is 0.692. The predicted octanol–water partition coefficient (Wildman–Crippen LogP) is 2.42. The zero-order valence-electron chi connectivity index (χ0n) is 11.0. The molecule has 2 rings (SSSR count). The van der Waals surface area contributed by atoms with Crippen molar-refractivity contribution in [3.63, 3.8) is 0 Å². The molecule has 0 saturated carbocycles. The highest BCUT2D eigenvalue weighted by molar-refractivity contribution is 7.15. The van der Waals surface area contributed by atoms with E-state index in [1.165, 1.54) is 4.88 Å². The first-order valence-corrected chi connectivity index (χ1v) is 7.49. The summed E-state index contributed by atoms with van der Waals surface area (Å²) in [5, 5.41) is 7.06. The van der Waals surface area contributed by atoms with Crippen molar-refractivity contribution < 1.29 is 4.79 Å². The van der Waals surface area contributed by atoms with Crippen molar-refractivity contribution >= 4 is 22.4 Å². The molecule has 0 aromatic carbocycles. The minimum Gasteiger partial charge on any atom is -0.314 e. The fourth-order valence-electron chi connectivity index (χ4n) is 2.30. The Balaban J connectivity index is 1.89. The lowest BCUT2D eigenvalue weighted by molar-refractivity contribution is -0.120. The van der Waals surface area contributed by atoms with Crippen LogP contribution in [0.1, 0.15) is 38.0 Å². The van der Waals surface area contributed by atoms with Crippen molar-refractivity contribution in [2.45, 2.75) is 45.6 Å². The molecule has 0 aliphatic carbocycles. The average Bonchev–Trinajstić information content (AvgIpc) is 2.77. The molecule has 1 aromatic heterocycles. The molecule has 2 atom stereocenters. The molecular formula is C13H21N3OS. The van der Waals surface area contributed by atoms with Crippen LogP contribution in [0.2, 0.25) is 0 Å². The van der Waals surface area contributed by atoms with E-state index < -0.39 is 0 Å². The monoisotopic (exact) mass is 267 g/mol. The van der Waals surface area contributed by atoms with Gasteiger partial charge in [0, 0.05) is 23.0 Å². The smallest absolute Gasteiger partial charge is 0.229 e. The molecule has 2 N–H and O–H groups in total. The van der Waals surface area contributed by atoms with E-state index in [2.05, 4.69) is 29.5 Å². The highest BCUT2D eigenvalue weighted by atomic mass is 32.1. The van der Waals surface area contributed by atoms with Gasteiger partial charge in [-0.05, 0) is 32.7 Å². The molecule has 1 aliphatic heterocycles. The molecule has 5 heteroatoms. The minimum atomic E-state index is 0.125. The third-order valence-electron chi connectivity index (χ3n) is 3.27. The van der Waals surface area contributed by atoms with E-state index in [0.717, 1.165) is 37.4 Å². The minimum absolute atomic E-state index is 0.125. The number of aromatic nitrogens is 1. The lowest BCUT2D eigenvalue weighted by Gasteiger charge is -2.26. The molecule has 100 valence electrons. The molecule has 1 aromatic rings. The number of nitrogens with zero attached hydrogens (tertiary/aromatic N) is 1. The van der Waals surface area contributed by atoms with Crippen molar-refractivity contribution in [1.82, 2.24) is 10.3 Å². The molecule has 1 aliphatic rings. The predicted molar refractivity (Wildman–Crippen MR) is 74.9 cm³/mol. The summed E-state index contributed by atoms with van der Waals surface area (Å²) in [6, 6.07) is 0.432. The third kappa shape index (κ3) is 3.53. The Kier molecular flexibility index (Phi) is 4.72. The number of anilines is 1. The largest absolute Gasteiger partial charge is 0.314 e. The number of hydrogen-bond acceptors (Lipinski definition) is 4. The average molecular weight is 267 g/mol. The summed E-state index contributed by atoms with van der Waals surface area (Å²) in [6.07, 6.45) is 5.86. The van der Waals surface area contributed by atoms with Gasteiger partial charge in [0.05, 0.1) is 0 Å². The Morgan fingerprint density at radius 1 is 1.67 bits per heavy atom. The Labute approximate surface area is 112 Å². The van der Waals surface area contributed by atoms with Crippen LogP contribution in [0.5, 0.6) is 0 Å². The first kappa shape index (κ1) is 13.5. The van der Waals surface area contributed by atoms with Crippen molar-refractivity contribution in [3.05, 3.63) is 11.1 Å². The molecule has 18 heavy (non-hydrogen) atoms. The molecule has 4 nitrogen and oxygen atoms in total. The molecule has 0 radical (unpaired) electrons. The maximum atomic E-state index is 12.1. The van der Waals surface area contributed by atoms with Gasteiger partial charge in [0.15, 0.2) is 5.13 Å². The van der Waals surface area contributed by atoms with Crippen LogP contribution in [-0.4, -0.2) is 23.5 Å². The molecular weight excluding hydrogens is 246 g/mol. The number of nitrogens with one attached hydrogen (secondary N) is 2. The Bertz CT molecular complexity index is 405. The number of hydrogen-bond donors (Lipinski definition) is 2. The number of rotatable bonds is 4. The second kappa shape index (κ2) is 6.29. The van der Waals surface area contributed by atoms with Gasteiger partial charge in [-0.2, -0.15) is 0 Å². The second-order valence-electron chi connectivity index (χ2n) is 4.95. The van der Waals surface area contributed by atoms with Gasteiger partial charge < -0.3 is 10.6 Å². The summed E-state index contributed by atoms with van der Waals surface area (Å²) in [5.41, 5.74) is 0. The molecule has 0 unspecified atom stereocenters. The van der Waals surface area contributed by atoms with Crippen LogP contribution in [0.4, 0.5) is 5.13 Å². The quantitative estimate of drug-likeness (QED) is 0.881. The molecule has 1 saturated heterocycles. The fourth-order valence-corrected chi connectivity index (χ4v) is 3.22. The zero-order valence-corrected chi connectivity index (χ0v) is 11.8. The van der Waals surface area contributed by atoms with E-state index in [9.17, 15) is 4.79 Å². The van der Waals surface area contributed by atoms with Gasteiger partial charge in [-0.1, -0.05) is 13.3 Å². The van der Waals surface area contributed by atoms with Crippen LogP contribution in [0.3, 0.4) is 0 Å². The third-order valence-corrected chi connectivity index (χ3v) is 4.25. The zero-order chi connectivity index (χ0) is 13.0. The maximum Gasteiger partial charge on any atom is 0.229 e. The first-order valence-electron chi connectivity index (χ1n) is 6.68. The Hall–Kier alpha value is -0.940. The number of aryl methyl sites for hydroxylation is 1. The van der Waals surface area contributed by atoms with Gasteiger partial charge >= 0.3 is 0 Å². The van der Waals surface area contributed by atoms with E-state index in [-0.39, 0.29) is 11.8 Å². The number of thiazole rings is 1. The van der Waals surface area contributed by atoms with Crippen LogP contribution in [0.25, 0.3) is 0 Å². The molecule has 0 bridgehead atoms. The highest BCUT2D eigenvalue weighted by Gasteiger charge is 2.25. The van der Waals surface area contributed by atoms with Crippen LogP contribution in [0, 0.1) is 5.92 Å². The maximum absolute atomic E-state index is 12.1. The lowest BCUT2D eigenvalue weighted by atomic mass is 9.93. The summed E-state index contributed by atoms with van der Waals surface area (Å²) in [7, 11) is 0. The number of carbonyl (C=O) groups is 1. The van der Waals surface area contributed by atoms with E-state index in [1.807, 2.05) is 6.20 Å². The SMILES string of the molecule is CCCc1cnc(NC(=O)[C@H]2CCN[C@@H](C)C2)s1. The molecule has 2 heterocycles. The van der Waals surface area contributed by atoms with Gasteiger partial charge in [0.25, 0.3) is 0 Å². The van der Waals surface area contributed by atoms with Gasteiger partial charge in [0.1, 0.15) is 0 Å².